The van der Waals surface area contributed by atoms with Crippen molar-refractivity contribution in [2.24, 2.45) is 0 Å². The molecule has 1 N–H and O–H groups in total. The first kappa shape index (κ1) is 29.0. The molecule has 11 nitrogen and oxygen atoms in total. The third-order valence-corrected chi connectivity index (χ3v) is 9.66. The molecule has 1 saturated heterocycles. The molecule has 43 heavy (non-hydrogen) atoms. The highest BCUT2D eigenvalue weighted by Gasteiger charge is 2.49. The van der Waals surface area contributed by atoms with Crippen LogP contribution in [0.5, 0.6) is 5.88 Å². The molecule has 4 aromatic rings. The highest BCUT2D eigenvalue weighted by Crippen LogP contribution is 2.38. The Balaban J connectivity index is 1.40. The van der Waals surface area contributed by atoms with Crippen LogP contribution in [0.4, 0.5) is 13.2 Å². The van der Waals surface area contributed by atoms with Crippen LogP contribution in [0.1, 0.15) is 46.0 Å². The Morgan fingerprint density at radius 3 is 2.60 bits per heavy atom. The van der Waals surface area contributed by atoms with Gasteiger partial charge in [-0.05, 0) is 59.9 Å². The van der Waals surface area contributed by atoms with E-state index in [4.69, 9.17) is 9.47 Å². The lowest BCUT2D eigenvalue weighted by atomic mass is 9.85. The van der Waals surface area contributed by atoms with Crippen LogP contribution in [0.2, 0.25) is 0 Å². The first-order chi connectivity index (χ1) is 20.3. The summed E-state index contributed by atoms with van der Waals surface area (Å²) in [6, 6.07) is 9.64. The highest BCUT2D eigenvalue weighted by atomic mass is 32.2. The molecule has 1 unspecified atom stereocenters. The van der Waals surface area contributed by atoms with Crippen molar-refractivity contribution < 1.29 is 41.0 Å². The van der Waals surface area contributed by atoms with Crippen molar-refractivity contribution in [3.8, 4) is 5.88 Å². The van der Waals surface area contributed by atoms with Crippen LogP contribution in [0.25, 0.3) is 5.65 Å². The molecule has 1 atom stereocenters. The second kappa shape index (κ2) is 10.3. The molecule has 0 saturated carbocycles. The minimum Gasteiger partial charge on any atom is -0.481 e. The van der Waals surface area contributed by atoms with Gasteiger partial charge >= 0.3 is 12.1 Å². The number of fused-ring (bicyclic) bond motifs is 2. The number of carboxylic acid groups (broad SMARTS) is 1. The SMILES string of the molecule is Cc1ccc(C(CC(=O)O)c2ccn3c(C(F)(F)F)nnc3c2C)cc1CN1CC2(COC2)Oc2ncccc2S1(=O)=O. The Morgan fingerprint density at radius 2 is 1.93 bits per heavy atom. The maximum Gasteiger partial charge on any atom is 0.452 e. The summed E-state index contributed by atoms with van der Waals surface area (Å²) in [6.45, 7) is 3.73. The van der Waals surface area contributed by atoms with Gasteiger partial charge in [0.1, 0.15) is 4.90 Å². The van der Waals surface area contributed by atoms with Crippen LogP contribution in [0, 0.1) is 13.8 Å². The molecule has 3 aromatic heterocycles. The summed E-state index contributed by atoms with van der Waals surface area (Å²) in [4.78, 5) is 16.1. The van der Waals surface area contributed by atoms with Gasteiger partial charge in [0.15, 0.2) is 11.2 Å². The number of sulfonamides is 1. The van der Waals surface area contributed by atoms with E-state index in [1.807, 2.05) is 6.92 Å². The molecule has 2 aliphatic rings. The number of alkyl halides is 3. The fourth-order valence-electron chi connectivity index (χ4n) is 5.57. The maximum absolute atomic E-state index is 13.8. The topological polar surface area (TPSA) is 136 Å². The van der Waals surface area contributed by atoms with Crippen LogP contribution >= 0.6 is 0 Å². The summed E-state index contributed by atoms with van der Waals surface area (Å²) < 4.78 is 81.4. The summed E-state index contributed by atoms with van der Waals surface area (Å²) in [7, 11) is -4.04. The van der Waals surface area contributed by atoms with Gasteiger partial charge in [-0.2, -0.15) is 17.5 Å². The molecule has 2 aliphatic heterocycles. The third kappa shape index (κ3) is 5.10. The van der Waals surface area contributed by atoms with Crippen molar-refractivity contribution in [2.45, 2.75) is 49.4 Å². The second-order valence-electron chi connectivity index (χ2n) is 10.8. The number of hydrogen-bond donors (Lipinski definition) is 1. The van der Waals surface area contributed by atoms with E-state index in [1.165, 1.54) is 34.9 Å². The average molecular weight is 618 g/mol. The van der Waals surface area contributed by atoms with Crippen LogP contribution in [0.15, 0.2) is 53.7 Å². The number of pyridine rings is 2. The van der Waals surface area contributed by atoms with Gasteiger partial charge in [0, 0.05) is 24.9 Å². The first-order valence-corrected chi connectivity index (χ1v) is 14.7. The quantitative estimate of drug-likeness (QED) is 0.343. The number of nitrogens with zero attached hydrogens (tertiary/aromatic N) is 5. The lowest BCUT2D eigenvalue weighted by Crippen LogP contribution is -2.60. The number of halogens is 3. The predicted molar refractivity (Wildman–Crippen MR) is 144 cm³/mol. The molecule has 6 rings (SSSR count). The van der Waals surface area contributed by atoms with E-state index in [9.17, 15) is 31.5 Å². The zero-order valence-electron chi connectivity index (χ0n) is 23.0. The zero-order chi connectivity index (χ0) is 30.7. The summed E-state index contributed by atoms with van der Waals surface area (Å²) in [5.41, 5.74) is 1.82. The van der Waals surface area contributed by atoms with Crippen LogP contribution in [0.3, 0.4) is 0 Å². The second-order valence-corrected chi connectivity index (χ2v) is 12.7. The van der Waals surface area contributed by atoms with Gasteiger partial charge in [0.05, 0.1) is 26.2 Å². The predicted octanol–water partition coefficient (Wildman–Crippen LogP) is 3.72. The van der Waals surface area contributed by atoms with Crippen molar-refractivity contribution in [1.29, 1.82) is 0 Å². The Kier molecular flexibility index (Phi) is 6.93. The average Bonchev–Trinajstić information content (AvgIpc) is 3.34. The van der Waals surface area contributed by atoms with E-state index in [2.05, 4.69) is 15.2 Å². The minimum atomic E-state index is -4.72. The number of carboxylic acids is 1. The molecule has 0 aliphatic carbocycles. The number of hydrogen-bond acceptors (Lipinski definition) is 8. The van der Waals surface area contributed by atoms with Crippen molar-refractivity contribution in [3.63, 3.8) is 0 Å². The lowest BCUT2D eigenvalue weighted by Gasteiger charge is -2.41. The molecule has 0 radical (unpaired) electrons. The number of aliphatic carboxylic acids is 1. The minimum absolute atomic E-state index is 0.00771. The summed E-state index contributed by atoms with van der Waals surface area (Å²) >= 11 is 0. The van der Waals surface area contributed by atoms with Gasteiger partial charge in [-0.15, -0.1) is 10.2 Å². The molecule has 5 heterocycles. The van der Waals surface area contributed by atoms with Gasteiger partial charge in [-0.1, -0.05) is 18.2 Å². The third-order valence-electron chi connectivity index (χ3n) is 7.86. The number of aromatic nitrogens is 4. The van der Waals surface area contributed by atoms with E-state index < -0.39 is 39.5 Å². The molecular weight excluding hydrogens is 591 g/mol. The Bertz CT molecular complexity index is 1860. The summed E-state index contributed by atoms with van der Waals surface area (Å²) in [6.07, 6.45) is -2.45. The number of benzene rings is 1. The first-order valence-electron chi connectivity index (χ1n) is 13.2. The lowest BCUT2D eigenvalue weighted by molar-refractivity contribution is -0.166. The normalized spacial score (nSPS) is 18.4. The summed E-state index contributed by atoms with van der Waals surface area (Å²) in [5.74, 6) is -3.06. The van der Waals surface area contributed by atoms with Gasteiger partial charge < -0.3 is 14.6 Å². The Labute approximate surface area is 243 Å². The zero-order valence-corrected chi connectivity index (χ0v) is 23.8. The summed E-state index contributed by atoms with van der Waals surface area (Å²) in [5, 5.41) is 16.8. The molecule has 0 bridgehead atoms. The van der Waals surface area contributed by atoms with Crippen molar-refractivity contribution in [3.05, 3.63) is 82.4 Å². The molecular formula is C28H26F3N5O6S. The molecule has 15 heteroatoms. The Hall–Kier alpha value is -4.08. The van der Waals surface area contributed by atoms with Crippen molar-refractivity contribution >= 4 is 21.6 Å². The molecule has 226 valence electrons. The van der Waals surface area contributed by atoms with E-state index in [-0.39, 0.29) is 49.1 Å². The van der Waals surface area contributed by atoms with E-state index in [1.54, 1.807) is 25.1 Å². The molecule has 1 fully saturated rings. The highest BCUT2D eigenvalue weighted by molar-refractivity contribution is 7.89. The van der Waals surface area contributed by atoms with Gasteiger partial charge in [0.2, 0.25) is 21.7 Å². The largest absolute Gasteiger partial charge is 0.481 e. The van der Waals surface area contributed by atoms with Crippen LogP contribution < -0.4 is 4.74 Å². The van der Waals surface area contributed by atoms with E-state index >= 15 is 0 Å². The number of aryl methyl sites for hydroxylation is 2. The fraction of sp³-hybridized carbons (Fsp3) is 0.357. The number of ether oxygens (including phenoxy) is 2. The van der Waals surface area contributed by atoms with Crippen LogP contribution in [-0.4, -0.2) is 68.7 Å². The number of carbonyl (C=O) groups is 1. The van der Waals surface area contributed by atoms with Crippen molar-refractivity contribution in [1.82, 2.24) is 23.9 Å². The van der Waals surface area contributed by atoms with Crippen LogP contribution in [-0.2, 0) is 32.3 Å². The fourth-order valence-corrected chi connectivity index (χ4v) is 7.13. The van der Waals surface area contributed by atoms with Crippen molar-refractivity contribution in [2.75, 3.05) is 19.8 Å². The van der Waals surface area contributed by atoms with E-state index in [0.29, 0.717) is 22.3 Å². The number of rotatable bonds is 6. The molecule has 1 spiro atoms. The maximum atomic E-state index is 13.8. The standard InChI is InChI=1S/C28H26F3N5O6S/c1-16-5-6-18(21(11-23(37)38)20-7-9-36-24(17(20)2)33-34-26(36)28(29,30)31)10-19(16)12-35-13-27(14-41-15-27)42-25-22(43(35,39)40)4-3-8-32-25/h3-10,21H,11-15H2,1-2H3,(H,37,38). The van der Waals surface area contributed by atoms with Gasteiger partial charge in [0.25, 0.3) is 0 Å². The van der Waals surface area contributed by atoms with E-state index in [0.717, 1.165) is 9.96 Å². The molecule has 0 amide bonds. The smallest absolute Gasteiger partial charge is 0.452 e. The van der Waals surface area contributed by atoms with Gasteiger partial charge in [-0.25, -0.2) is 13.4 Å². The monoisotopic (exact) mass is 617 g/mol. The Morgan fingerprint density at radius 1 is 1.16 bits per heavy atom. The van der Waals surface area contributed by atoms with Gasteiger partial charge in [-0.3, -0.25) is 9.20 Å². The molecule has 1 aromatic carbocycles.